The van der Waals surface area contributed by atoms with Crippen LogP contribution >= 0.6 is 0 Å². The van der Waals surface area contributed by atoms with Crippen molar-refractivity contribution in [1.82, 2.24) is 5.32 Å². The molecule has 2 nitrogen and oxygen atoms in total. The fourth-order valence-electron chi connectivity index (χ4n) is 2.38. The SMILES string of the molecule is CNCc1cccc(Oc2cc(C)ccc2C(C)(C)C)c1. The standard InChI is InChI=1S/C19H25NO/c1-14-9-10-17(19(2,3)4)18(11-14)21-16-8-6-7-15(12-16)13-20-5/h6-12,20H,13H2,1-5H3. The average Bonchev–Trinajstić information content (AvgIpc) is 2.38. The molecule has 0 saturated heterocycles. The van der Waals surface area contributed by atoms with Crippen LogP contribution in [-0.4, -0.2) is 7.05 Å². The molecule has 0 unspecified atom stereocenters. The molecule has 2 aromatic carbocycles. The lowest BCUT2D eigenvalue weighted by Crippen LogP contribution is -2.12. The lowest BCUT2D eigenvalue weighted by molar-refractivity contribution is 0.454. The summed E-state index contributed by atoms with van der Waals surface area (Å²) >= 11 is 0. The summed E-state index contributed by atoms with van der Waals surface area (Å²) < 4.78 is 6.18. The number of aryl methyl sites for hydroxylation is 1. The Morgan fingerprint density at radius 3 is 2.48 bits per heavy atom. The van der Waals surface area contributed by atoms with Gasteiger partial charge in [-0.05, 0) is 48.7 Å². The summed E-state index contributed by atoms with van der Waals surface area (Å²) in [6, 6.07) is 14.7. The van der Waals surface area contributed by atoms with Gasteiger partial charge in [0.25, 0.3) is 0 Å². The summed E-state index contributed by atoms with van der Waals surface area (Å²) in [4.78, 5) is 0. The Morgan fingerprint density at radius 2 is 1.81 bits per heavy atom. The summed E-state index contributed by atoms with van der Waals surface area (Å²) in [5.41, 5.74) is 3.72. The van der Waals surface area contributed by atoms with Crippen molar-refractivity contribution in [2.24, 2.45) is 0 Å². The molecule has 0 fully saturated rings. The second-order valence-electron chi connectivity index (χ2n) is 6.53. The van der Waals surface area contributed by atoms with Crippen LogP contribution in [0.5, 0.6) is 11.5 Å². The molecule has 0 aliphatic carbocycles. The molecule has 21 heavy (non-hydrogen) atoms. The predicted molar refractivity (Wildman–Crippen MR) is 89.2 cm³/mol. The Balaban J connectivity index is 2.34. The summed E-state index contributed by atoms with van der Waals surface area (Å²) in [5.74, 6) is 1.84. The van der Waals surface area contributed by atoms with Crippen LogP contribution in [0.15, 0.2) is 42.5 Å². The van der Waals surface area contributed by atoms with Crippen LogP contribution in [0.25, 0.3) is 0 Å². The zero-order chi connectivity index (χ0) is 15.5. The quantitative estimate of drug-likeness (QED) is 0.870. The van der Waals surface area contributed by atoms with Gasteiger partial charge in [0.2, 0.25) is 0 Å². The highest BCUT2D eigenvalue weighted by atomic mass is 16.5. The van der Waals surface area contributed by atoms with Crippen LogP contribution in [0.2, 0.25) is 0 Å². The van der Waals surface area contributed by atoms with E-state index < -0.39 is 0 Å². The van der Waals surface area contributed by atoms with E-state index in [1.807, 2.05) is 19.2 Å². The first-order valence-corrected chi connectivity index (χ1v) is 7.42. The smallest absolute Gasteiger partial charge is 0.131 e. The predicted octanol–water partition coefficient (Wildman–Crippen LogP) is 4.80. The van der Waals surface area contributed by atoms with Gasteiger partial charge in [-0.1, -0.05) is 45.0 Å². The van der Waals surface area contributed by atoms with Crippen molar-refractivity contribution in [3.05, 3.63) is 59.2 Å². The van der Waals surface area contributed by atoms with E-state index >= 15 is 0 Å². The van der Waals surface area contributed by atoms with Crippen LogP contribution in [0.1, 0.15) is 37.5 Å². The first-order chi connectivity index (χ1) is 9.90. The van der Waals surface area contributed by atoms with E-state index in [9.17, 15) is 0 Å². The molecule has 2 heteroatoms. The molecule has 0 aliphatic heterocycles. The van der Waals surface area contributed by atoms with Gasteiger partial charge in [-0.3, -0.25) is 0 Å². The van der Waals surface area contributed by atoms with Crippen molar-refractivity contribution in [3.63, 3.8) is 0 Å². The monoisotopic (exact) mass is 283 g/mol. The molecule has 1 N–H and O–H groups in total. The lowest BCUT2D eigenvalue weighted by atomic mass is 9.86. The minimum atomic E-state index is 0.0611. The Labute approximate surface area is 128 Å². The molecule has 0 spiro atoms. The number of hydrogen-bond donors (Lipinski definition) is 1. The zero-order valence-electron chi connectivity index (χ0n) is 13.7. The van der Waals surface area contributed by atoms with Crippen molar-refractivity contribution in [1.29, 1.82) is 0 Å². The number of benzene rings is 2. The molecule has 0 heterocycles. The second kappa shape index (κ2) is 6.31. The summed E-state index contributed by atoms with van der Waals surface area (Å²) in [5, 5.41) is 3.16. The topological polar surface area (TPSA) is 21.3 Å². The third-order valence-electron chi connectivity index (χ3n) is 3.45. The van der Waals surface area contributed by atoms with Crippen LogP contribution < -0.4 is 10.1 Å². The molecular weight excluding hydrogens is 258 g/mol. The molecule has 0 aromatic heterocycles. The maximum absolute atomic E-state index is 6.18. The minimum absolute atomic E-state index is 0.0611. The molecule has 0 radical (unpaired) electrons. The van der Waals surface area contributed by atoms with Crippen molar-refractivity contribution in [3.8, 4) is 11.5 Å². The van der Waals surface area contributed by atoms with Gasteiger partial charge in [-0.2, -0.15) is 0 Å². The van der Waals surface area contributed by atoms with Crippen LogP contribution in [0.4, 0.5) is 0 Å². The van der Waals surface area contributed by atoms with Crippen molar-refractivity contribution in [2.45, 2.75) is 39.7 Å². The summed E-state index contributed by atoms with van der Waals surface area (Å²) in [7, 11) is 1.95. The normalized spacial score (nSPS) is 11.5. The Kier molecular flexibility index (Phi) is 4.69. The van der Waals surface area contributed by atoms with Gasteiger partial charge in [0.1, 0.15) is 11.5 Å². The van der Waals surface area contributed by atoms with Crippen molar-refractivity contribution in [2.75, 3.05) is 7.05 Å². The number of ether oxygens (including phenoxy) is 1. The highest BCUT2D eigenvalue weighted by Crippen LogP contribution is 2.35. The molecule has 0 bridgehead atoms. The van der Waals surface area contributed by atoms with E-state index in [-0.39, 0.29) is 5.41 Å². The highest BCUT2D eigenvalue weighted by Gasteiger charge is 2.19. The first-order valence-electron chi connectivity index (χ1n) is 7.42. The van der Waals surface area contributed by atoms with Gasteiger partial charge in [-0.25, -0.2) is 0 Å². The van der Waals surface area contributed by atoms with Gasteiger partial charge in [0.15, 0.2) is 0 Å². The molecule has 2 rings (SSSR count). The first kappa shape index (κ1) is 15.6. The molecule has 0 amide bonds. The fraction of sp³-hybridized carbons (Fsp3) is 0.368. The van der Waals surface area contributed by atoms with Gasteiger partial charge < -0.3 is 10.1 Å². The Bertz CT molecular complexity index is 611. The molecule has 0 atom stereocenters. The van der Waals surface area contributed by atoms with Crippen molar-refractivity contribution >= 4 is 0 Å². The van der Waals surface area contributed by atoms with E-state index in [4.69, 9.17) is 4.74 Å². The molecule has 0 saturated carbocycles. The number of hydrogen-bond acceptors (Lipinski definition) is 2. The lowest BCUT2D eigenvalue weighted by Gasteiger charge is -2.23. The molecule has 0 aliphatic rings. The maximum Gasteiger partial charge on any atom is 0.131 e. The molecule has 112 valence electrons. The van der Waals surface area contributed by atoms with Crippen LogP contribution in [-0.2, 0) is 12.0 Å². The van der Waals surface area contributed by atoms with E-state index in [1.165, 1.54) is 16.7 Å². The Morgan fingerprint density at radius 1 is 1.05 bits per heavy atom. The van der Waals surface area contributed by atoms with Gasteiger partial charge in [-0.15, -0.1) is 0 Å². The fourth-order valence-corrected chi connectivity index (χ4v) is 2.38. The third kappa shape index (κ3) is 4.08. The third-order valence-corrected chi connectivity index (χ3v) is 3.45. The van der Waals surface area contributed by atoms with Crippen LogP contribution in [0.3, 0.4) is 0 Å². The maximum atomic E-state index is 6.18. The summed E-state index contributed by atoms with van der Waals surface area (Å²) in [6.07, 6.45) is 0. The number of rotatable bonds is 4. The van der Waals surface area contributed by atoms with Crippen molar-refractivity contribution < 1.29 is 4.74 Å². The van der Waals surface area contributed by atoms with E-state index in [1.54, 1.807) is 0 Å². The molecular formula is C19H25NO. The highest BCUT2D eigenvalue weighted by molar-refractivity contribution is 5.44. The average molecular weight is 283 g/mol. The second-order valence-corrected chi connectivity index (χ2v) is 6.53. The van der Waals surface area contributed by atoms with Gasteiger partial charge >= 0.3 is 0 Å². The summed E-state index contributed by atoms with van der Waals surface area (Å²) in [6.45, 7) is 9.57. The van der Waals surface area contributed by atoms with Crippen LogP contribution in [0, 0.1) is 6.92 Å². The number of nitrogens with one attached hydrogen (secondary N) is 1. The Hall–Kier alpha value is -1.80. The molecule has 2 aromatic rings. The van der Waals surface area contributed by atoms with Gasteiger partial charge in [0, 0.05) is 12.1 Å². The van der Waals surface area contributed by atoms with E-state index in [2.05, 4.69) is 63.3 Å². The van der Waals surface area contributed by atoms with Gasteiger partial charge in [0.05, 0.1) is 0 Å². The minimum Gasteiger partial charge on any atom is -0.457 e. The van der Waals surface area contributed by atoms with E-state index in [0.29, 0.717) is 0 Å². The largest absolute Gasteiger partial charge is 0.457 e. The van der Waals surface area contributed by atoms with E-state index in [0.717, 1.165) is 18.0 Å². The zero-order valence-corrected chi connectivity index (χ0v) is 13.7.